The molecule has 2 heterocycles. The SMILES string of the molecule is COc1cc2c(cc1OCCCCCCBr)C=C[C@@H]1CCCN1C2=O. The average molecular weight is 408 g/mol. The number of fused-ring (bicyclic) bond motifs is 2. The molecule has 136 valence electrons. The first-order valence-corrected chi connectivity index (χ1v) is 10.3. The van der Waals surface area contributed by atoms with Gasteiger partial charge in [0.2, 0.25) is 0 Å². The lowest BCUT2D eigenvalue weighted by atomic mass is 10.1. The molecule has 3 rings (SSSR count). The fraction of sp³-hybridized carbons (Fsp3) is 0.550. The monoisotopic (exact) mass is 407 g/mol. The summed E-state index contributed by atoms with van der Waals surface area (Å²) >= 11 is 3.45. The molecule has 0 N–H and O–H groups in total. The van der Waals surface area contributed by atoms with Crippen LogP contribution >= 0.6 is 15.9 Å². The van der Waals surface area contributed by atoms with Gasteiger partial charge in [-0.25, -0.2) is 0 Å². The third-order valence-electron chi connectivity index (χ3n) is 4.91. The van der Waals surface area contributed by atoms with E-state index in [0.717, 1.165) is 48.9 Å². The second-order valence-corrected chi connectivity index (χ2v) is 7.40. The third kappa shape index (κ3) is 4.20. The van der Waals surface area contributed by atoms with Crippen molar-refractivity contribution in [3.8, 4) is 11.5 Å². The molecule has 2 aliphatic heterocycles. The molecule has 1 atom stereocenters. The van der Waals surface area contributed by atoms with Gasteiger partial charge in [0.25, 0.3) is 5.91 Å². The summed E-state index contributed by atoms with van der Waals surface area (Å²) in [5.41, 5.74) is 1.64. The molecule has 0 bridgehead atoms. The Hall–Kier alpha value is -1.49. The fourth-order valence-electron chi connectivity index (χ4n) is 3.52. The van der Waals surface area contributed by atoms with Crippen LogP contribution in [0.25, 0.3) is 6.08 Å². The molecule has 5 heteroatoms. The smallest absolute Gasteiger partial charge is 0.255 e. The summed E-state index contributed by atoms with van der Waals surface area (Å²) in [7, 11) is 1.63. The molecule has 4 nitrogen and oxygen atoms in total. The molecule has 0 aromatic heterocycles. The van der Waals surface area contributed by atoms with E-state index >= 15 is 0 Å². The van der Waals surface area contributed by atoms with Crippen molar-refractivity contribution < 1.29 is 14.3 Å². The first kappa shape index (κ1) is 18.3. The van der Waals surface area contributed by atoms with Gasteiger partial charge < -0.3 is 14.4 Å². The summed E-state index contributed by atoms with van der Waals surface area (Å²) in [6, 6.07) is 4.01. The van der Waals surface area contributed by atoms with Gasteiger partial charge in [0.15, 0.2) is 11.5 Å². The second-order valence-electron chi connectivity index (χ2n) is 6.61. The number of halogens is 1. The molecule has 0 radical (unpaired) electrons. The van der Waals surface area contributed by atoms with Gasteiger partial charge in [0, 0.05) is 11.9 Å². The molecule has 1 saturated heterocycles. The van der Waals surface area contributed by atoms with Crippen molar-refractivity contribution in [1.29, 1.82) is 0 Å². The number of benzene rings is 1. The summed E-state index contributed by atoms with van der Waals surface area (Å²) in [6.45, 7) is 1.51. The molecular weight excluding hydrogens is 382 g/mol. The predicted molar refractivity (Wildman–Crippen MR) is 104 cm³/mol. The van der Waals surface area contributed by atoms with E-state index in [0.29, 0.717) is 17.9 Å². The van der Waals surface area contributed by atoms with Crippen molar-refractivity contribution in [3.05, 3.63) is 29.3 Å². The number of amides is 1. The van der Waals surface area contributed by atoms with Crippen molar-refractivity contribution in [2.75, 3.05) is 25.6 Å². The number of ether oxygens (including phenoxy) is 2. The zero-order valence-electron chi connectivity index (χ0n) is 14.8. The lowest BCUT2D eigenvalue weighted by Crippen LogP contribution is -2.33. The molecule has 0 aliphatic carbocycles. The highest BCUT2D eigenvalue weighted by atomic mass is 79.9. The summed E-state index contributed by atoms with van der Waals surface area (Å²) < 4.78 is 11.4. The second kappa shape index (κ2) is 8.75. The van der Waals surface area contributed by atoms with Crippen LogP contribution in [0.15, 0.2) is 18.2 Å². The van der Waals surface area contributed by atoms with Crippen molar-refractivity contribution in [3.63, 3.8) is 0 Å². The maximum Gasteiger partial charge on any atom is 0.255 e. The quantitative estimate of drug-likeness (QED) is 0.464. The molecule has 2 aliphatic rings. The maximum atomic E-state index is 12.8. The van der Waals surface area contributed by atoms with E-state index in [1.807, 2.05) is 17.0 Å². The number of methoxy groups -OCH3 is 1. The lowest BCUT2D eigenvalue weighted by molar-refractivity contribution is 0.0763. The highest BCUT2D eigenvalue weighted by Gasteiger charge is 2.31. The minimum absolute atomic E-state index is 0.0992. The highest BCUT2D eigenvalue weighted by molar-refractivity contribution is 9.09. The standard InChI is InChI=1S/C20H26BrNO3/c1-24-18-14-17-15(8-9-16-7-6-11-22(16)20(17)23)13-19(18)25-12-5-3-2-4-10-21/h8-9,13-14,16H,2-7,10-12H2,1H3/t16-/m0/s1. The van der Waals surface area contributed by atoms with Crippen molar-refractivity contribution in [1.82, 2.24) is 4.90 Å². The van der Waals surface area contributed by atoms with Crippen LogP contribution in [-0.4, -0.2) is 42.4 Å². The summed E-state index contributed by atoms with van der Waals surface area (Å²) in [4.78, 5) is 14.8. The Balaban J connectivity index is 1.73. The molecular formula is C20H26BrNO3. The number of alkyl halides is 1. The van der Waals surface area contributed by atoms with E-state index in [1.54, 1.807) is 7.11 Å². The van der Waals surface area contributed by atoms with Crippen LogP contribution in [0.1, 0.15) is 54.4 Å². The number of carbonyl (C=O) groups is 1. The van der Waals surface area contributed by atoms with Gasteiger partial charge in [0.05, 0.1) is 25.3 Å². The number of unbranched alkanes of at least 4 members (excludes halogenated alkanes) is 3. The van der Waals surface area contributed by atoms with Gasteiger partial charge in [-0.2, -0.15) is 0 Å². The number of rotatable bonds is 8. The predicted octanol–water partition coefficient (Wildman–Crippen LogP) is 4.66. The number of hydrogen-bond acceptors (Lipinski definition) is 3. The number of hydrogen-bond donors (Lipinski definition) is 0. The van der Waals surface area contributed by atoms with Gasteiger partial charge in [-0.15, -0.1) is 0 Å². The lowest BCUT2D eigenvalue weighted by Gasteiger charge is -2.21. The molecule has 0 spiro atoms. The molecule has 1 fully saturated rings. The minimum atomic E-state index is 0.0992. The Kier molecular flexibility index (Phi) is 6.40. The number of carbonyl (C=O) groups excluding carboxylic acids is 1. The topological polar surface area (TPSA) is 38.8 Å². The van der Waals surface area contributed by atoms with Crippen LogP contribution in [0.2, 0.25) is 0 Å². The summed E-state index contributed by atoms with van der Waals surface area (Å²) in [6.07, 6.45) is 10.9. The van der Waals surface area contributed by atoms with E-state index in [-0.39, 0.29) is 11.9 Å². The minimum Gasteiger partial charge on any atom is -0.493 e. The Bertz CT molecular complexity index is 644. The highest BCUT2D eigenvalue weighted by Crippen LogP contribution is 2.35. The Morgan fingerprint density at radius 2 is 2.04 bits per heavy atom. The Labute approximate surface area is 158 Å². The zero-order valence-corrected chi connectivity index (χ0v) is 16.4. The normalized spacial score (nSPS) is 18.7. The van der Waals surface area contributed by atoms with Crippen LogP contribution in [0.5, 0.6) is 11.5 Å². The molecule has 1 aromatic rings. The molecule has 0 unspecified atom stereocenters. The van der Waals surface area contributed by atoms with E-state index in [2.05, 4.69) is 28.1 Å². The first-order valence-electron chi connectivity index (χ1n) is 9.14. The Morgan fingerprint density at radius 1 is 1.20 bits per heavy atom. The molecule has 1 aromatic carbocycles. The zero-order chi connectivity index (χ0) is 17.6. The molecule has 0 saturated carbocycles. The fourth-order valence-corrected chi connectivity index (χ4v) is 3.91. The van der Waals surface area contributed by atoms with E-state index in [1.165, 1.54) is 12.8 Å². The van der Waals surface area contributed by atoms with Crippen LogP contribution in [0, 0.1) is 0 Å². The van der Waals surface area contributed by atoms with Gasteiger partial charge in [-0.3, -0.25) is 4.79 Å². The van der Waals surface area contributed by atoms with E-state index in [9.17, 15) is 4.79 Å². The van der Waals surface area contributed by atoms with Crippen molar-refractivity contribution >= 4 is 27.9 Å². The van der Waals surface area contributed by atoms with E-state index in [4.69, 9.17) is 9.47 Å². The average Bonchev–Trinajstić information content (AvgIpc) is 3.06. The maximum absolute atomic E-state index is 12.8. The van der Waals surface area contributed by atoms with Gasteiger partial charge in [-0.1, -0.05) is 40.9 Å². The largest absolute Gasteiger partial charge is 0.493 e. The third-order valence-corrected chi connectivity index (χ3v) is 5.47. The molecule has 25 heavy (non-hydrogen) atoms. The first-order chi connectivity index (χ1) is 12.2. The van der Waals surface area contributed by atoms with Crippen LogP contribution < -0.4 is 9.47 Å². The van der Waals surface area contributed by atoms with E-state index < -0.39 is 0 Å². The number of nitrogens with zero attached hydrogens (tertiary/aromatic N) is 1. The van der Waals surface area contributed by atoms with Crippen LogP contribution in [0.3, 0.4) is 0 Å². The molecule has 1 amide bonds. The summed E-state index contributed by atoms with van der Waals surface area (Å²) in [5, 5.41) is 1.06. The van der Waals surface area contributed by atoms with Gasteiger partial charge in [0.1, 0.15) is 0 Å². The van der Waals surface area contributed by atoms with Crippen LogP contribution in [-0.2, 0) is 0 Å². The van der Waals surface area contributed by atoms with Crippen molar-refractivity contribution in [2.24, 2.45) is 0 Å². The summed E-state index contributed by atoms with van der Waals surface area (Å²) in [5.74, 6) is 1.46. The van der Waals surface area contributed by atoms with Crippen LogP contribution in [0.4, 0.5) is 0 Å². The van der Waals surface area contributed by atoms with Gasteiger partial charge >= 0.3 is 0 Å². The van der Waals surface area contributed by atoms with Crippen molar-refractivity contribution in [2.45, 2.75) is 44.6 Å². The Morgan fingerprint density at radius 3 is 2.84 bits per heavy atom. The van der Waals surface area contributed by atoms with Gasteiger partial charge in [-0.05, 0) is 43.4 Å².